The second kappa shape index (κ2) is 16.8. The number of rotatable bonds is 17. The number of aliphatic hydroxyl groups is 1. The Hall–Kier alpha value is -1.13. The number of ketones is 1. The van der Waals surface area contributed by atoms with Crippen LogP contribution in [0.15, 0.2) is 22.6 Å². The molecule has 4 atom stereocenters. The number of halogens is 1. The highest BCUT2D eigenvalue weighted by atomic mass is 79.9. The first-order chi connectivity index (χ1) is 19.2. The lowest BCUT2D eigenvalue weighted by atomic mass is 9.79. The molecule has 0 aliphatic rings. The van der Waals surface area contributed by atoms with E-state index in [1.54, 1.807) is 11.3 Å². The smallest absolute Gasteiger partial charge is 0.309 e. The summed E-state index contributed by atoms with van der Waals surface area (Å²) >= 11 is 5.03. The standard InChI is InChI=1S/C33H56BrNO5SSi/c1-22(14-13-15-23(2)20-36)16-17-28(24(3)18-27-21-41-26(5)35-27)39-30(37)19-29(33(9,10)31(38)25(4)34)40-42(11,12)32(6,7)8/h16,18,21,23,25,28-29,36H,13-15,17,19-20H2,1-12H3/t23?,25?,28?,29-/m0/s1. The van der Waals surface area contributed by atoms with Gasteiger partial charge in [0.05, 0.1) is 28.1 Å². The van der Waals surface area contributed by atoms with E-state index in [4.69, 9.17) is 9.16 Å². The molecular weight excluding hydrogens is 630 g/mol. The second-order valence-corrected chi connectivity index (χ2v) is 21.1. The number of aromatic nitrogens is 1. The third-order valence-electron chi connectivity index (χ3n) is 8.45. The van der Waals surface area contributed by atoms with Crippen molar-refractivity contribution >= 4 is 53.4 Å². The fourth-order valence-electron chi connectivity index (χ4n) is 4.34. The molecule has 0 aliphatic heterocycles. The number of aliphatic hydroxyl groups excluding tert-OH is 1. The lowest BCUT2D eigenvalue weighted by Gasteiger charge is -2.43. The van der Waals surface area contributed by atoms with Crippen LogP contribution < -0.4 is 0 Å². The minimum absolute atomic E-state index is 0.000359. The van der Waals surface area contributed by atoms with E-state index in [1.807, 2.05) is 46.1 Å². The maximum atomic E-state index is 13.6. The van der Waals surface area contributed by atoms with Crippen LogP contribution in [0.25, 0.3) is 6.08 Å². The van der Waals surface area contributed by atoms with Gasteiger partial charge >= 0.3 is 5.97 Å². The lowest BCUT2D eigenvalue weighted by molar-refractivity contribution is -0.152. The molecule has 240 valence electrons. The van der Waals surface area contributed by atoms with Crippen molar-refractivity contribution in [3.05, 3.63) is 33.3 Å². The average Bonchev–Trinajstić information content (AvgIpc) is 3.28. The number of alkyl halides is 1. The predicted octanol–water partition coefficient (Wildman–Crippen LogP) is 9.06. The minimum atomic E-state index is -2.31. The quantitative estimate of drug-likeness (QED) is 0.0762. The van der Waals surface area contributed by atoms with Gasteiger partial charge in [0.2, 0.25) is 0 Å². The topological polar surface area (TPSA) is 85.7 Å². The number of thiazole rings is 1. The zero-order valence-electron chi connectivity index (χ0n) is 28.1. The summed E-state index contributed by atoms with van der Waals surface area (Å²) in [6, 6.07) is 0. The first-order valence-corrected chi connectivity index (χ1v) is 19.8. The Labute approximate surface area is 269 Å². The third-order valence-corrected chi connectivity index (χ3v) is 14.1. The maximum Gasteiger partial charge on any atom is 0.309 e. The molecule has 0 bridgehead atoms. The Morgan fingerprint density at radius 2 is 1.79 bits per heavy atom. The minimum Gasteiger partial charge on any atom is -0.457 e. The molecule has 1 aromatic heterocycles. The van der Waals surface area contributed by atoms with E-state index in [0.29, 0.717) is 12.3 Å². The summed E-state index contributed by atoms with van der Waals surface area (Å²) in [4.78, 5) is 31.1. The number of hydrogen-bond donors (Lipinski definition) is 1. The summed E-state index contributed by atoms with van der Waals surface area (Å²) < 4.78 is 12.9. The molecule has 0 fully saturated rings. The Bertz CT molecular complexity index is 1090. The van der Waals surface area contributed by atoms with Crippen LogP contribution >= 0.6 is 27.3 Å². The normalized spacial score (nSPS) is 16.6. The average molecular weight is 687 g/mol. The molecule has 1 N–H and O–H groups in total. The van der Waals surface area contributed by atoms with Gasteiger partial charge in [-0.1, -0.05) is 69.1 Å². The first-order valence-electron chi connectivity index (χ1n) is 15.1. The van der Waals surface area contributed by atoms with E-state index in [-0.39, 0.29) is 34.6 Å². The van der Waals surface area contributed by atoms with Crippen LogP contribution in [-0.4, -0.2) is 53.8 Å². The van der Waals surface area contributed by atoms with Crippen molar-refractivity contribution in [1.29, 1.82) is 0 Å². The summed E-state index contributed by atoms with van der Waals surface area (Å²) in [5.41, 5.74) is 2.11. The molecule has 42 heavy (non-hydrogen) atoms. The number of hydrogen-bond acceptors (Lipinski definition) is 7. The molecule has 0 aliphatic carbocycles. The number of ether oxygens (including phenoxy) is 1. The van der Waals surface area contributed by atoms with Gasteiger partial charge in [-0.05, 0) is 82.7 Å². The van der Waals surface area contributed by atoms with Gasteiger partial charge in [0.15, 0.2) is 14.1 Å². The Kier molecular flexibility index (Phi) is 15.6. The van der Waals surface area contributed by atoms with Crippen molar-refractivity contribution in [2.24, 2.45) is 11.3 Å². The Balaban J connectivity index is 3.27. The van der Waals surface area contributed by atoms with Gasteiger partial charge in [0, 0.05) is 23.8 Å². The molecule has 0 saturated heterocycles. The lowest BCUT2D eigenvalue weighted by Crippen LogP contribution is -2.51. The summed E-state index contributed by atoms with van der Waals surface area (Å²) in [7, 11) is -2.31. The SMILES string of the molecule is CC(=CCC(OC(=O)C[C@H](O[Si](C)(C)C(C)(C)C)C(C)(C)C(=O)C(C)Br)C(C)=Cc1csc(C)n1)CCCC(C)CO. The van der Waals surface area contributed by atoms with E-state index >= 15 is 0 Å². The van der Waals surface area contributed by atoms with Gasteiger partial charge in [-0.2, -0.15) is 0 Å². The highest BCUT2D eigenvalue weighted by Gasteiger charge is 2.47. The molecule has 0 amide bonds. The van der Waals surface area contributed by atoms with Crippen LogP contribution in [0.3, 0.4) is 0 Å². The molecule has 0 spiro atoms. The second-order valence-electron chi connectivity index (χ2n) is 13.9. The van der Waals surface area contributed by atoms with Crippen molar-refractivity contribution in [1.82, 2.24) is 4.98 Å². The molecular formula is C33H56BrNO5SSi. The molecule has 1 aromatic rings. The van der Waals surface area contributed by atoms with Gasteiger partial charge in [0.1, 0.15) is 6.10 Å². The van der Waals surface area contributed by atoms with Crippen molar-refractivity contribution in [2.75, 3.05) is 6.61 Å². The van der Waals surface area contributed by atoms with Crippen LogP contribution in [0.1, 0.15) is 105 Å². The zero-order valence-corrected chi connectivity index (χ0v) is 31.5. The zero-order chi connectivity index (χ0) is 32.5. The molecule has 9 heteroatoms. The highest BCUT2D eigenvalue weighted by molar-refractivity contribution is 9.10. The number of Topliss-reactive ketones (excluding diaryl/α,β-unsaturated/α-hetero) is 1. The predicted molar refractivity (Wildman–Crippen MR) is 183 cm³/mol. The van der Waals surface area contributed by atoms with Crippen LogP contribution in [0, 0.1) is 18.3 Å². The van der Waals surface area contributed by atoms with Gasteiger partial charge in [0.25, 0.3) is 0 Å². The van der Waals surface area contributed by atoms with Crippen LogP contribution in [0.4, 0.5) is 0 Å². The fourth-order valence-corrected chi connectivity index (χ4v) is 6.94. The van der Waals surface area contributed by atoms with Gasteiger partial charge in [-0.15, -0.1) is 11.3 Å². The first kappa shape index (κ1) is 38.9. The van der Waals surface area contributed by atoms with Crippen LogP contribution in [0.5, 0.6) is 0 Å². The summed E-state index contributed by atoms with van der Waals surface area (Å²) in [6.45, 7) is 24.6. The fraction of sp³-hybridized carbons (Fsp3) is 0.727. The highest BCUT2D eigenvalue weighted by Crippen LogP contribution is 2.41. The number of esters is 1. The molecule has 0 aromatic carbocycles. The molecule has 3 unspecified atom stereocenters. The summed E-state index contributed by atoms with van der Waals surface area (Å²) in [6.07, 6.45) is 6.50. The monoisotopic (exact) mass is 685 g/mol. The van der Waals surface area contributed by atoms with Crippen molar-refractivity contribution in [3.63, 3.8) is 0 Å². The summed E-state index contributed by atoms with van der Waals surface area (Å²) in [5, 5.41) is 12.2. The van der Waals surface area contributed by atoms with E-state index in [1.165, 1.54) is 5.57 Å². The van der Waals surface area contributed by atoms with Gasteiger partial charge in [-0.3, -0.25) is 9.59 Å². The number of nitrogens with zero attached hydrogens (tertiary/aromatic N) is 1. The largest absolute Gasteiger partial charge is 0.457 e. The van der Waals surface area contributed by atoms with Crippen molar-refractivity contribution in [3.8, 4) is 0 Å². The van der Waals surface area contributed by atoms with E-state index < -0.39 is 25.9 Å². The molecule has 0 saturated carbocycles. The van der Waals surface area contributed by atoms with E-state index in [9.17, 15) is 14.7 Å². The molecule has 0 radical (unpaired) electrons. The Morgan fingerprint density at radius 3 is 2.29 bits per heavy atom. The number of aryl methyl sites for hydroxylation is 1. The number of carbonyl (C=O) groups is 2. The number of allylic oxidation sites excluding steroid dienone is 1. The number of carbonyl (C=O) groups excluding carboxylic acids is 2. The van der Waals surface area contributed by atoms with Crippen molar-refractivity contribution < 1.29 is 23.9 Å². The maximum absolute atomic E-state index is 13.6. The molecule has 1 heterocycles. The molecule has 1 rings (SSSR count). The molecule has 6 nitrogen and oxygen atoms in total. The van der Waals surface area contributed by atoms with Gasteiger partial charge < -0.3 is 14.3 Å². The van der Waals surface area contributed by atoms with Crippen LogP contribution in [-0.2, 0) is 18.8 Å². The van der Waals surface area contributed by atoms with Crippen molar-refractivity contribution in [2.45, 2.75) is 137 Å². The Morgan fingerprint density at radius 1 is 1.17 bits per heavy atom. The summed E-state index contributed by atoms with van der Waals surface area (Å²) in [5.74, 6) is -0.0835. The van der Waals surface area contributed by atoms with E-state index in [0.717, 1.165) is 35.5 Å². The van der Waals surface area contributed by atoms with E-state index in [2.05, 4.69) is 74.7 Å². The van der Waals surface area contributed by atoms with Gasteiger partial charge in [-0.25, -0.2) is 4.98 Å². The third kappa shape index (κ3) is 12.5. The van der Waals surface area contributed by atoms with Crippen LogP contribution in [0.2, 0.25) is 18.1 Å².